The second kappa shape index (κ2) is 66.7. The van der Waals surface area contributed by atoms with Gasteiger partial charge in [-0.15, -0.1) is 0 Å². The van der Waals surface area contributed by atoms with Crippen molar-refractivity contribution in [1.82, 2.24) is 0 Å². The van der Waals surface area contributed by atoms with Crippen molar-refractivity contribution in [1.29, 1.82) is 0 Å². The van der Waals surface area contributed by atoms with E-state index in [0.29, 0.717) is 25.7 Å². The first-order valence-corrected chi connectivity index (χ1v) is 40.8. The third-order valence-corrected chi connectivity index (χ3v) is 18.8. The Morgan fingerprint density at radius 3 is 0.648 bits per heavy atom. The summed E-state index contributed by atoms with van der Waals surface area (Å²) in [6, 6.07) is 0. The first-order valence-electron chi connectivity index (χ1n) is 37.8. The van der Waals surface area contributed by atoms with Crippen LogP contribution in [0, 0.1) is 0 Å². The van der Waals surface area contributed by atoms with E-state index in [1.807, 2.05) is 0 Å². The molecule has 0 aromatic rings. The van der Waals surface area contributed by atoms with Gasteiger partial charge in [0.15, 0.2) is 12.2 Å². The maximum atomic E-state index is 13.0. The molecular formula is C72H140O17P2. The van der Waals surface area contributed by atoms with Crippen molar-refractivity contribution in [2.75, 3.05) is 39.6 Å². The van der Waals surface area contributed by atoms with E-state index in [-0.39, 0.29) is 25.7 Å². The molecule has 0 rings (SSSR count). The Labute approximate surface area is 556 Å². The summed E-state index contributed by atoms with van der Waals surface area (Å²) >= 11 is 0. The van der Waals surface area contributed by atoms with E-state index in [1.165, 1.54) is 212 Å². The van der Waals surface area contributed by atoms with Crippen LogP contribution < -0.4 is 0 Å². The van der Waals surface area contributed by atoms with E-state index >= 15 is 0 Å². The van der Waals surface area contributed by atoms with E-state index < -0.39 is 97.5 Å². The lowest BCUT2D eigenvalue weighted by atomic mass is 10.0. The summed E-state index contributed by atoms with van der Waals surface area (Å²) in [7, 11) is -9.90. The Kier molecular flexibility index (Phi) is 65.2. The van der Waals surface area contributed by atoms with Crippen LogP contribution in [-0.4, -0.2) is 96.7 Å². The highest BCUT2D eigenvalue weighted by Gasteiger charge is 2.30. The molecule has 5 atom stereocenters. The molecule has 19 heteroatoms. The van der Waals surface area contributed by atoms with Gasteiger partial charge in [-0.1, -0.05) is 329 Å². The Hall–Kier alpha value is -1.94. The van der Waals surface area contributed by atoms with E-state index in [1.54, 1.807) is 0 Å². The number of hydrogen-bond acceptors (Lipinski definition) is 15. The van der Waals surface area contributed by atoms with Gasteiger partial charge in [-0.05, 0) is 25.7 Å². The summed E-state index contributed by atoms with van der Waals surface area (Å²) in [4.78, 5) is 72.6. The third kappa shape index (κ3) is 66.5. The number of hydrogen-bond donors (Lipinski definition) is 3. The highest BCUT2D eigenvalue weighted by molar-refractivity contribution is 7.47. The van der Waals surface area contributed by atoms with Crippen molar-refractivity contribution in [3.05, 3.63) is 0 Å². The Morgan fingerprint density at radius 1 is 0.264 bits per heavy atom. The van der Waals surface area contributed by atoms with Crippen LogP contribution in [0.25, 0.3) is 0 Å². The van der Waals surface area contributed by atoms with E-state index in [4.69, 9.17) is 37.0 Å². The summed E-state index contributed by atoms with van der Waals surface area (Å²) in [5.41, 5.74) is 0. The fraction of sp³-hybridized carbons (Fsp3) is 0.944. The van der Waals surface area contributed by atoms with Crippen molar-refractivity contribution in [3.63, 3.8) is 0 Å². The van der Waals surface area contributed by atoms with Crippen LogP contribution in [0.5, 0.6) is 0 Å². The number of carbonyl (C=O) groups is 4. The van der Waals surface area contributed by atoms with Gasteiger partial charge in [0, 0.05) is 25.7 Å². The van der Waals surface area contributed by atoms with Crippen LogP contribution in [0.3, 0.4) is 0 Å². The monoisotopic (exact) mass is 1340 g/mol. The highest BCUT2D eigenvalue weighted by Crippen LogP contribution is 2.45. The number of unbranched alkanes of at least 4 members (excludes halogenated alkanes) is 47. The summed E-state index contributed by atoms with van der Waals surface area (Å²) in [5.74, 6) is -2.12. The molecule has 0 fully saturated rings. The minimum Gasteiger partial charge on any atom is -0.462 e. The van der Waals surface area contributed by atoms with Crippen molar-refractivity contribution in [2.45, 2.75) is 399 Å². The van der Waals surface area contributed by atoms with Gasteiger partial charge in [0.2, 0.25) is 0 Å². The molecule has 0 spiro atoms. The van der Waals surface area contributed by atoms with E-state index in [2.05, 4.69) is 27.7 Å². The summed E-state index contributed by atoms with van der Waals surface area (Å²) in [6.45, 7) is 4.96. The summed E-state index contributed by atoms with van der Waals surface area (Å²) in [6.07, 6.45) is 55.3. The molecule has 2 unspecified atom stereocenters. The number of aliphatic hydroxyl groups is 1. The first-order chi connectivity index (χ1) is 44.2. The lowest BCUT2D eigenvalue weighted by Gasteiger charge is -2.21. The Bertz CT molecular complexity index is 1740. The highest BCUT2D eigenvalue weighted by atomic mass is 31.2. The molecule has 0 aliphatic carbocycles. The normalized spacial score (nSPS) is 14.0. The Morgan fingerprint density at radius 2 is 0.440 bits per heavy atom. The van der Waals surface area contributed by atoms with Crippen molar-refractivity contribution in [2.24, 2.45) is 0 Å². The number of phosphoric acid groups is 2. The predicted molar refractivity (Wildman–Crippen MR) is 368 cm³/mol. The smallest absolute Gasteiger partial charge is 0.462 e. The number of ether oxygens (including phenoxy) is 4. The van der Waals surface area contributed by atoms with Crippen molar-refractivity contribution >= 4 is 39.5 Å². The minimum atomic E-state index is -4.95. The molecule has 0 aliphatic heterocycles. The van der Waals surface area contributed by atoms with Crippen LogP contribution in [0.1, 0.15) is 381 Å². The van der Waals surface area contributed by atoms with Crippen LogP contribution in [0.4, 0.5) is 0 Å². The average Bonchev–Trinajstić information content (AvgIpc) is 2.96. The first kappa shape index (κ1) is 89.1. The van der Waals surface area contributed by atoms with Gasteiger partial charge in [-0.3, -0.25) is 37.3 Å². The summed E-state index contributed by atoms with van der Waals surface area (Å²) in [5, 5.41) is 10.6. The molecule has 0 amide bonds. The van der Waals surface area contributed by atoms with Crippen LogP contribution in [0.2, 0.25) is 0 Å². The van der Waals surface area contributed by atoms with E-state index in [0.717, 1.165) is 89.9 Å². The molecule has 3 N–H and O–H groups in total. The lowest BCUT2D eigenvalue weighted by molar-refractivity contribution is -0.161. The number of aliphatic hydroxyl groups excluding tert-OH is 1. The second-order valence-corrected chi connectivity index (χ2v) is 28.9. The van der Waals surface area contributed by atoms with Crippen LogP contribution >= 0.6 is 15.6 Å². The molecule has 0 aromatic carbocycles. The molecule has 0 saturated carbocycles. The zero-order valence-electron chi connectivity index (χ0n) is 58.8. The molecule has 0 aliphatic rings. The Balaban J connectivity index is 5.23. The van der Waals surface area contributed by atoms with Gasteiger partial charge in [-0.2, -0.15) is 0 Å². The topological polar surface area (TPSA) is 237 Å². The van der Waals surface area contributed by atoms with Gasteiger partial charge < -0.3 is 33.8 Å². The number of esters is 4. The van der Waals surface area contributed by atoms with Gasteiger partial charge in [0.05, 0.1) is 26.4 Å². The molecule has 0 saturated heterocycles. The van der Waals surface area contributed by atoms with Gasteiger partial charge in [0.25, 0.3) is 0 Å². The zero-order chi connectivity index (χ0) is 66.8. The molecule has 17 nitrogen and oxygen atoms in total. The van der Waals surface area contributed by atoms with Crippen molar-refractivity contribution < 1.29 is 80.2 Å². The number of phosphoric ester groups is 2. The zero-order valence-corrected chi connectivity index (χ0v) is 60.6. The number of carbonyl (C=O) groups excluding carboxylic acids is 4. The largest absolute Gasteiger partial charge is 0.472 e. The van der Waals surface area contributed by atoms with Crippen LogP contribution in [0.15, 0.2) is 0 Å². The minimum absolute atomic E-state index is 0.108. The van der Waals surface area contributed by atoms with Gasteiger partial charge >= 0.3 is 39.5 Å². The molecule has 91 heavy (non-hydrogen) atoms. The van der Waals surface area contributed by atoms with Crippen molar-refractivity contribution in [3.8, 4) is 0 Å². The fourth-order valence-corrected chi connectivity index (χ4v) is 12.6. The molecule has 540 valence electrons. The number of rotatable bonds is 73. The summed E-state index contributed by atoms with van der Waals surface area (Å²) < 4.78 is 68.4. The molecule has 0 bridgehead atoms. The third-order valence-electron chi connectivity index (χ3n) is 16.9. The quantitative estimate of drug-likeness (QED) is 0.0222. The fourth-order valence-electron chi connectivity index (χ4n) is 11.0. The average molecular weight is 1340 g/mol. The maximum absolute atomic E-state index is 13.0. The van der Waals surface area contributed by atoms with Gasteiger partial charge in [-0.25, -0.2) is 9.13 Å². The SMILES string of the molecule is CCCCCCCCCCCCCCCCC(=O)OC[C@H](COP(=O)(O)OC[C@@H](O)COP(=O)(O)OC[C@@H](COC(=O)CCCCCCCCCCC)OC(=O)CCCCCCCCCCCCCCCC)OC(=O)CCCCCCCCCCCCCCCC. The van der Waals surface area contributed by atoms with E-state index in [9.17, 15) is 43.2 Å². The second-order valence-electron chi connectivity index (χ2n) is 26.0. The molecule has 0 heterocycles. The molecule has 0 radical (unpaired) electrons. The maximum Gasteiger partial charge on any atom is 0.472 e. The predicted octanol–water partition coefficient (Wildman–Crippen LogP) is 21.1. The van der Waals surface area contributed by atoms with Gasteiger partial charge in [0.1, 0.15) is 19.3 Å². The molecular weight excluding hydrogens is 1200 g/mol. The molecule has 0 aromatic heterocycles. The standard InChI is InChI=1S/C72H140O17P2/c1-5-9-13-17-21-25-28-31-34-37-41-45-49-53-57-70(75)83-63-68(89-72(77)59-55-51-47-43-39-36-33-30-27-23-19-15-11-7-3)65-87-91(80,81)85-61-66(73)60-84-90(78,79)86-64-67(62-82-69(74)56-52-48-44-40-24-20-16-12-8-4)88-71(76)58-54-50-46-42-38-35-32-29-26-22-18-14-10-6-2/h66-68,73H,5-65H2,1-4H3,(H,78,79)(H,80,81)/t66-,67+,68+/m0/s1. The van der Waals surface area contributed by atoms with Crippen LogP contribution in [-0.2, 0) is 65.4 Å². The lowest BCUT2D eigenvalue weighted by Crippen LogP contribution is -2.30.